The summed E-state index contributed by atoms with van der Waals surface area (Å²) in [6.07, 6.45) is -5.07. The highest BCUT2D eigenvalue weighted by Gasteiger charge is 2.32. The molecule has 0 saturated carbocycles. The summed E-state index contributed by atoms with van der Waals surface area (Å²) in [6.45, 7) is 3.41. The highest BCUT2D eigenvalue weighted by Crippen LogP contribution is 2.31. The molecule has 2 aromatic rings. The van der Waals surface area contributed by atoms with Crippen LogP contribution in [0.25, 0.3) is 5.69 Å². The summed E-state index contributed by atoms with van der Waals surface area (Å²) in [6, 6.07) is 2.30. The molecule has 2 rings (SSSR count). The number of benzene rings is 1. The molecular formula is C14H11ClF4N2O2S. The van der Waals surface area contributed by atoms with Gasteiger partial charge in [-0.25, -0.2) is 4.39 Å². The van der Waals surface area contributed by atoms with E-state index in [1.807, 2.05) is 4.98 Å². The Hall–Kier alpha value is -1.87. The lowest BCUT2D eigenvalue weighted by Gasteiger charge is -2.15. The molecule has 0 bridgehead atoms. The second kappa shape index (κ2) is 6.56. The van der Waals surface area contributed by atoms with Crippen molar-refractivity contribution in [3.8, 4) is 11.4 Å². The standard InChI is InChI=1S/C14H11ClF4N2O2S/c1-6(2)23-10-4-9(8(16)3-7(10)15)21-12(22)5-11(14(17,18)19)20-13(21)24/h3-6H,1-2H3,(H,20,24). The molecule has 4 nitrogen and oxygen atoms in total. The predicted molar refractivity (Wildman–Crippen MR) is 83.0 cm³/mol. The molecule has 1 aromatic carbocycles. The van der Waals surface area contributed by atoms with Crippen molar-refractivity contribution < 1.29 is 22.3 Å². The third-order valence-corrected chi connectivity index (χ3v) is 3.42. The first-order valence-electron chi connectivity index (χ1n) is 6.60. The molecule has 0 aliphatic carbocycles. The zero-order valence-electron chi connectivity index (χ0n) is 12.4. The van der Waals surface area contributed by atoms with Gasteiger partial charge >= 0.3 is 6.18 Å². The molecule has 0 fully saturated rings. The van der Waals surface area contributed by atoms with Gasteiger partial charge in [-0.05, 0) is 32.1 Å². The predicted octanol–water partition coefficient (Wildman–Crippen LogP) is 4.49. The molecule has 130 valence electrons. The fraction of sp³-hybridized carbons (Fsp3) is 0.286. The van der Waals surface area contributed by atoms with Crippen molar-refractivity contribution in [3.05, 3.63) is 49.9 Å². The first-order chi connectivity index (χ1) is 11.0. The zero-order valence-corrected chi connectivity index (χ0v) is 13.9. The molecule has 24 heavy (non-hydrogen) atoms. The molecule has 0 saturated heterocycles. The molecule has 0 aliphatic heterocycles. The van der Waals surface area contributed by atoms with Gasteiger partial charge in [0.15, 0.2) is 4.77 Å². The minimum atomic E-state index is -4.78. The molecule has 1 N–H and O–H groups in total. The largest absolute Gasteiger partial charge is 0.489 e. The number of hydrogen-bond acceptors (Lipinski definition) is 3. The smallest absolute Gasteiger partial charge is 0.431 e. The van der Waals surface area contributed by atoms with Crippen molar-refractivity contribution in [2.45, 2.75) is 26.1 Å². The number of halogens is 5. The molecule has 0 aliphatic rings. The van der Waals surface area contributed by atoms with Crippen molar-refractivity contribution in [2.75, 3.05) is 0 Å². The van der Waals surface area contributed by atoms with Gasteiger partial charge in [-0.15, -0.1) is 0 Å². The Balaban J connectivity index is 2.69. The van der Waals surface area contributed by atoms with Crippen molar-refractivity contribution in [1.82, 2.24) is 9.55 Å². The number of nitrogens with one attached hydrogen (secondary N) is 1. The number of aromatic amines is 1. The Morgan fingerprint density at radius 1 is 1.29 bits per heavy atom. The molecule has 0 radical (unpaired) electrons. The summed E-state index contributed by atoms with van der Waals surface area (Å²) in [5, 5.41) is -0.0418. The van der Waals surface area contributed by atoms with E-state index in [0.717, 1.165) is 12.1 Å². The van der Waals surface area contributed by atoms with E-state index in [4.69, 9.17) is 28.6 Å². The lowest BCUT2D eigenvalue weighted by atomic mass is 10.2. The lowest BCUT2D eigenvalue weighted by Crippen LogP contribution is -2.24. The summed E-state index contributed by atoms with van der Waals surface area (Å²) in [5.74, 6) is -0.860. The topological polar surface area (TPSA) is 47.0 Å². The number of rotatable bonds is 3. The summed E-state index contributed by atoms with van der Waals surface area (Å²) >= 11 is 10.6. The minimum absolute atomic E-state index is 0.0418. The van der Waals surface area contributed by atoms with Crippen molar-refractivity contribution in [1.29, 1.82) is 0 Å². The van der Waals surface area contributed by atoms with Crippen LogP contribution in [-0.4, -0.2) is 15.7 Å². The molecule has 1 aromatic heterocycles. The average Bonchev–Trinajstić information content (AvgIpc) is 2.41. The van der Waals surface area contributed by atoms with Crippen LogP contribution in [0.15, 0.2) is 23.0 Å². The van der Waals surface area contributed by atoms with Crippen LogP contribution in [0, 0.1) is 10.6 Å². The van der Waals surface area contributed by atoms with Gasteiger partial charge in [0.1, 0.15) is 17.3 Å². The second-order valence-electron chi connectivity index (χ2n) is 5.06. The zero-order chi connectivity index (χ0) is 18.2. The van der Waals surface area contributed by atoms with Gasteiger partial charge in [0.05, 0.1) is 16.8 Å². The first kappa shape index (κ1) is 18.5. The van der Waals surface area contributed by atoms with E-state index in [9.17, 15) is 22.4 Å². The third-order valence-electron chi connectivity index (χ3n) is 2.84. The van der Waals surface area contributed by atoms with Crippen LogP contribution < -0.4 is 10.3 Å². The summed E-state index contributed by atoms with van der Waals surface area (Å²) < 4.78 is 57.6. The maximum atomic E-state index is 14.2. The Morgan fingerprint density at radius 2 is 1.92 bits per heavy atom. The van der Waals surface area contributed by atoms with E-state index in [1.54, 1.807) is 13.8 Å². The van der Waals surface area contributed by atoms with Crippen LogP contribution in [-0.2, 0) is 6.18 Å². The van der Waals surface area contributed by atoms with E-state index in [1.165, 1.54) is 0 Å². The van der Waals surface area contributed by atoms with E-state index in [2.05, 4.69) is 0 Å². The molecular weight excluding hydrogens is 372 g/mol. The number of alkyl halides is 3. The summed E-state index contributed by atoms with van der Waals surface area (Å²) in [5.41, 5.74) is -2.82. The van der Waals surface area contributed by atoms with Gasteiger partial charge < -0.3 is 9.72 Å². The molecule has 0 amide bonds. The number of aromatic nitrogens is 2. The third kappa shape index (κ3) is 3.78. The number of ether oxygens (including phenoxy) is 1. The van der Waals surface area contributed by atoms with Gasteiger partial charge in [-0.3, -0.25) is 9.36 Å². The minimum Gasteiger partial charge on any atom is -0.489 e. The van der Waals surface area contributed by atoms with Crippen LogP contribution in [0.2, 0.25) is 5.02 Å². The van der Waals surface area contributed by atoms with E-state index >= 15 is 0 Å². The maximum Gasteiger partial charge on any atom is 0.431 e. The number of hydrogen-bond donors (Lipinski definition) is 1. The molecule has 10 heteroatoms. The quantitative estimate of drug-likeness (QED) is 0.628. The van der Waals surface area contributed by atoms with Crippen molar-refractivity contribution in [2.24, 2.45) is 0 Å². The Bertz CT molecular complexity index is 859. The normalized spacial score (nSPS) is 11.8. The second-order valence-corrected chi connectivity index (χ2v) is 5.85. The summed E-state index contributed by atoms with van der Waals surface area (Å²) in [7, 11) is 0. The van der Waals surface area contributed by atoms with Crippen molar-refractivity contribution in [3.63, 3.8) is 0 Å². The van der Waals surface area contributed by atoms with Gasteiger partial charge in [-0.1, -0.05) is 11.6 Å². The Kier molecular flexibility index (Phi) is 5.05. The highest BCUT2D eigenvalue weighted by atomic mass is 35.5. The van der Waals surface area contributed by atoms with Gasteiger partial charge in [0.2, 0.25) is 0 Å². The SMILES string of the molecule is CC(C)Oc1cc(-n2c(=O)cc(C(F)(F)F)[nH]c2=S)c(F)cc1Cl. The Labute approximate surface area is 143 Å². The highest BCUT2D eigenvalue weighted by molar-refractivity contribution is 7.71. The lowest BCUT2D eigenvalue weighted by molar-refractivity contribution is -0.141. The molecule has 0 unspecified atom stereocenters. The van der Waals surface area contributed by atoms with Crippen LogP contribution in [0.4, 0.5) is 17.6 Å². The molecule has 0 atom stereocenters. The average molecular weight is 383 g/mol. The van der Waals surface area contributed by atoms with Gasteiger partial charge in [0, 0.05) is 12.1 Å². The molecule has 1 heterocycles. The Morgan fingerprint density at radius 3 is 2.42 bits per heavy atom. The van der Waals surface area contributed by atoms with Crippen LogP contribution in [0.3, 0.4) is 0 Å². The van der Waals surface area contributed by atoms with E-state index in [-0.39, 0.29) is 22.6 Å². The van der Waals surface area contributed by atoms with E-state index < -0.39 is 28.0 Å². The molecule has 0 spiro atoms. The number of nitrogens with zero attached hydrogens (tertiary/aromatic N) is 1. The van der Waals surface area contributed by atoms with Crippen LogP contribution in [0.1, 0.15) is 19.5 Å². The summed E-state index contributed by atoms with van der Waals surface area (Å²) in [4.78, 5) is 13.9. The maximum absolute atomic E-state index is 14.2. The van der Waals surface area contributed by atoms with Crippen LogP contribution >= 0.6 is 23.8 Å². The van der Waals surface area contributed by atoms with Crippen LogP contribution in [0.5, 0.6) is 5.75 Å². The van der Waals surface area contributed by atoms with Crippen molar-refractivity contribution >= 4 is 23.8 Å². The van der Waals surface area contributed by atoms with E-state index in [0.29, 0.717) is 10.6 Å². The fourth-order valence-corrected chi connectivity index (χ4v) is 2.40. The van der Waals surface area contributed by atoms with Gasteiger partial charge in [-0.2, -0.15) is 13.2 Å². The van der Waals surface area contributed by atoms with Gasteiger partial charge in [0.25, 0.3) is 5.56 Å². The monoisotopic (exact) mass is 382 g/mol. The fourth-order valence-electron chi connectivity index (χ4n) is 1.91. The number of H-pyrrole nitrogens is 1. The first-order valence-corrected chi connectivity index (χ1v) is 7.39.